The van der Waals surface area contributed by atoms with Crippen molar-refractivity contribution in [3.05, 3.63) is 58.1 Å². The van der Waals surface area contributed by atoms with Crippen molar-refractivity contribution in [2.45, 2.75) is 75.5 Å². The summed E-state index contributed by atoms with van der Waals surface area (Å²) in [6, 6.07) is 13.3. The van der Waals surface area contributed by atoms with Crippen LogP contribution in [0.2, 0.25) is 18.6 Å². The van der Waals surface area contributed by atoms with Crippen LogP contribution in [0.5, 0.6) is 0 Å². The molecule has 224 valence electrons. The first-order chi connectivity index (χ1) is 20.0. The molecule has 0 bridgehead atoms. The fourth-order valence-electron chi connectivity index (χ4n) is 7.60. The zero-order valence-electron chi connectivity index (χ0n) is 24.3. The minimum atomic E-state index is -2.92. The first kappa shape index (κ1) is 29.5. The van der Waals surface area contributed by atoms with Crippen LogP contribution < -0.4 is 9.80 Å². The number of hydrogen-bond acceptors (Lipinski definition) is 6. The average Bonchev–Trinajstić information content (AvgIpc) is 3.59. The Balaban J connectivity index is 1.33. The predicted octanol–water partition coefficient (Wildman–Crippen LogP) is 3.90. The molecule has 2 aromatic carbocycles. The van der Waals surface area contributed by atoms with Crippen LogP contribution in [-0.2, 0) is 31.3 Å². The molecule has 0 unspecified atom stereocenters. The van der Waals surface area contributed by atoms with Crippen molar-refractivity contribution in [1.29, 1.82) is 0 Å². The Hall–Kier alpha value is -2.57. The SMILES string of the molecule is C[C@H]1[C@H]([Si](C)(C)O)[C@@H](CC(=O)N2CCC[C@H]2CO)O[C@]12C(=O)N(Cc1ccc(N3CCC3=O)cc1)c1ccc(Br)cc12. The number of anilines is 2. The zero-order chi connectivity index (χ0) is 30.0. The van der Waals surface area contributed by atoms with E-state index in [9.17, 15) is 24.3 Å². The van der Waals surface area contributed by atoms with E-state index in [1.54, 1.807) is 14.7 Å². The van der Waals surface area contributed by atoms with Crippen molar-refractivity contribution in [3.8, 4) is 0 Å². The maximum absolute atomic E-state index is 14.6. The van der Waals surface area contributed by atoms with Gasteiger partial charge < -0.3 is 29.3 Å². The van der Waals surface area contributed by atoms with E-state index in [1.165, 1.54) is 0 Å². The molecule has 0 saturated carbocycles. The van der Waals surface area contributed by atoms with E-state index < -0.39 is 20.0 Å². The van der Waals surface area contributed by atoms with Crippen molar-refractivity contribution >= 4 is 53.3 Å². The van der Waals surface area contributed by atoms with Crippen LogP contribution in [0.1, 0.15) is 43.7 Å². The van der Waals surface area contributed by atoms with E-state index in [0.29, 0.717) is 19.5 Å². The van der Waals surface area contributed by atoms with Crippen LogP contribution in [0.25, 0.3) is 0 Å². The smallest absolute Gasteiger partial charge is 0.264 e. The summed E-state index contributed by atoms with van der Waals surface area (Å²) in [5.41, 5.74) is 1.56. The van der Waals surface area contributed by atoms with Gasteiger partial charge in [-0.3, -0.25) is 14.4 Å². The van der Waals surface area contributed by atoms with Gasteiger partial charge in [0, 0.05) is 46.7 Å². The van der Waals surface area contributed by atoms with Gasteiger partial charge in [-0.15, -0.1) is 0 Å². The first-order valence-electron chi connectivity index (χ1n) is 14.8. The lowest BCUT2D eigenvalue weighted by Crippen LogP contribution is -2.46. The fourth-order valence-corrected chi connectivity index (χ4v) is 10.5. The monoisotopic (exact) mass is 655 g/mol. The number of likely N-dealkylation sites (tertiary alicyclic amines) is 1. The molecule has 2 N–H and O–H groups in total. The van der Waals surface area contributed by atoms with Gasteiger partial charge in [0.15, 0.2) is 13.9 Å². The number of nitrogens with zero attached hydrogens (tertiary/aromatic N) is 3. The van der Waals surface area contributed by atoms with E-state index in [2.05, 4.69) is 15.9 Å². The molecule has 6 rings (SSSR count). The molecule has 3 amide bonds. The quantitative estimate of drug-likeness (QED) is 0.346. The molecule has 3 saturated heterocycles. The highest BCUT2D eigenvalue weighted by molar-refractivity contribution is 9.10. The lowest BCUT2D eigenvalue weighted by atomic mass is 9.82. The molecule has 1 spiro atoms. The van der Waals surface area contributed by atoms with Crippen molar-refractivity contribution in [2.24, 2.45) is 5.92 Å². The van der Waals surface area contributed by atoms with Crippen LogP contribution in [0.3, 0.4) is 0 Å². The van der Waals surface area contributed by atoms with E-state index in [4.69, 9.17) is 4.74 Å². The van der Waals surface area contributed by atoms with Crippen molar-refractivity contribution < 1.29 is 29.0 Å². The van der Waals surface area contributed by atoms with E-state index in [1.807, 2.05) is 62.5 Å². The number of amides is 3. The standard InChI is InChI=1S/C31H38BrN3O6Si/c1-19-29(42(2,3)40)26(16-28(38)33-13-4-5-23(33)18-36)41-31(19)24-15-21(32)8-11-25(24)35(30(31)39)17-20-6-9-22(10-7-20)34-14-12-27(34)37/h6-11,15,19,23,26,29,36,40H,4-5,12-14,16-18H2,1-3H3/t19-,23-,26+,29-,31+/m0/s1. The molecule has 2 aromatic rings. The lowest BCUT2D eigenvalue weighted by Gasteiger charge is -2.33. The normalized spacial score (nSPS) is 29.0. The van der Waals surface area contributed by atoms with Gasteiger partial charge in [0.05, 0.1) is 37.4 Å². The number of rotatable bonds is 7. The largest absolute Gasteiger partial charge is 0.432 e. The molecule has 5 atom stereocenters. The number of aliphatic hydroxyl groups is 1. The summed E-state index contributed by atoms with van der Waals surface area (Å²) in [5, 5.41) is 9.80. The summed E-state index contributed by atoms with van der Waals surface area (Å²) >= 11 is 3.59. The second-order valence-electron chi connectivity index (χ2n) is 12.6. The third kappa shape index (κ3) is 4.73. The zero-order valence-corrected chi connectivity index (χ0v) is 26.8. The Labute approximate surface area is 255 Å². The molecule has 9 nitrogen and oxygen atoms in total. The molecule has 4 heterocycles. The topological polar surface area (TPSA) is 111 Å². The molecule has 3 fully saturated rings. The predicted molar refractivity (Wildman–Crippen MR) is 164 cm³/mol. The van der Waals surface area contributed by atoms with Crippen molar-refractivity contribution in [1.82, 2.24) is 4.90 Å². The van der Waals surface area contributed by atoms with E-state index >= 15 is 0 Å². The number of carbonyl (C=O) groups is 3. The average molecular weight is 657 g/mol. The maximum Gasteiger partial charge on any atom is 0.264 e. The molecule has 0 aliphatic carbocycles. The maximum atomic E-state index is 14.6. The number of aliphatic hydroxyl groups excluding tert-OH is 1. The van der Waals surface area contributed by atoms with Gasteiger partial charge in [-0.2, -0.15) is 0 Å². The summed E-state index contributed by atoms with van der Waals surface area (Å²) in [7, 11) is -2.92. The summed E-state index contributed by atoms with van der Waals surface area (Å²) < 4.78 is 7.63. The highest BCUT2D eigenvalue weighted by Gasteiger charge is 2.66. The summed E-state index contributed by atoms with van der Waals surface area (Å²) in [5.74, 6) is -0.570. The third-order valence-electron chi connectivity index (χ3n) is 9.67. The van der Waals surface area contributed by atoms with Gasteiger partial charge in [-0.1, -0.05) is 35.0 Å². The number of carbonyl (C=O) groups excluding carboxylic acids is 3. The van der Waals surface area contributed by atoms with Crippen LogP contribution in [0.4, 0.5) is 11.4 Å². The van der Waals surface area contributed by atoms with Gasteiger partial charge in [-0.05, 0) is 61.8 Å². The van der Waals surface area contributed by atoms with Crippen molar-refractivity contribution in [3.63, 3.8) is 0 Å². The molecular formula is C31H38BrN3O6Si. The number of benzene rings is 2. The Morgan fingerprint density at radius 2 is 1.88 bits per heavy atom. The summed E-state index contributed by atoms with van der Waals surface area (Å²) in [4.78, 5) is 56.7. The molecular weight excluding hydrogens is 618 g/mol. The lowest BCUT2D eigenvalue weighted by molar-refractivity contribution is -0.150. The van der Waals surface area contributed by atoms with Gasteiger partial charge in [0.2, 0.25) is 11.8 Å². The highest BCUT2D eigenvalue weighted by atomic mass is 79.9. The fraction of sp³-hybridized carbons (Fsp3) is 0.516. The van der Waals surface area contributed by atoms with E-state index in [0.717, 1.165) is 46.4 Å². The van der Waals surface area contributed by atoms with Gasteiger partial charge in [-0.25, -0.2) is 0 Å². The van der Waals surface area contributed by atoms with Crippen LogP contribution in [-0.4, -0.2) is 72.7 Å². The van der Waals surface area contributed by atoms with E-state index in [-0.39, 0.29) is 48.3 Å². The molecule has 4 aliphatic rings. The molecule has 0 radical (unpaired) electrons. The number of hydrogen-bond donors (Lipinski definition) is 2. The second kappa shape index (κ2) is 10.9. The molecule has 42 heavy (non-hydrogen) atoms. The first-order valence-corrected chi connectivity index (χ1v) is 18.6. The Kier molecular flexibility index (Phi) is 7.62. The summed E-state index contributed by atoms with van der Waals surface area (Å²) in [6.45, 7) is 7.22. The Morgan fingerprint density at radius 3 is 2.50 bits per heavy atom. The number of halogens is 1. The van der Waals surface area contributed by atoms with Gasteiger partial charge >= 0.3 is 0 Å². The third-order valence-corrected chi connectivity index (χ3v) is 12.7. The van der Waals surface area contributed by atoms with Crippen LogP contribution >= 0.6 is 15.9 Å². The van der Waals surface area contributed by atoms with Crippen LogP contribution in [0.15, 0.2) is 46.9 Å². The number of fused-ring (bicyclic) bond motifs is 2. The molecule has 0 aromatic heterocycles. The second-order valence-corrected chi connectivity index (χ2v) is 17.5. The van der Waals surface area contributed by atoms with Crippen LogP contribution in [0, 0.1) is 5.92 Å². The van der Waals surface area contributed by atoms with Gasteiger partial charge in [0.25, 0.3) is 5.91 Å². The Morgan fingerprint density at radius 1 is 1.14 bits per heavy atom. The number of β-lactam (4-membered cyclic amide) rings is 1. The van der Waals surface area contributed by atoms with Gasteiger partial charge in [0.1, 0.15) is 0 Å². The van der Waals surface area contributed by atoms with Crippen molar-refractivity contribution in [2.75, 3.05) is 29.5 Å². The molecule has 11 heteroatoms. The summed E-state index contributed by atoms with van der Waals surface area (Å²) in [6.07, 6.45) is 1.59. The molecule has 4 aliphatic heterocycles. The highest BCUT2D eigenvalue weighted by Crippen LogP contribution is 2.60. The number of ether oxygens (including phenoxy) is 1. The Bertz CT molecular complexity index is 1410. The minimum Gasteiger partial charge on any atom is -0.432 e. The minimum absolute atomic E-state index is 0.0531.